The lowest BCUT2D eigenvalue weighted by atomic mass is 10.0. The van der Waals surface area contributed by atoms with Crippen LogP contribution in [-0.2, 0) is 17.6 Å². The smallest absolute Gasteiger partial charge is 0.307 e. The highest BCUT2D eigenvalue weighted by molar-refractivity contribution is 7.99. The predicted molar refractivity (Wildman–Crippen MR) is 121 cm³/mol. The van der Waals surface area contributed by atoms with Crippen molar-refractivity contribution in [2.45, 2.75) is 44.4 Å². The Morgan fingerprint density at radius 1 is 1.13 bits per heavy atom. The van der Waals surface area contributed by atoms with Crippen molar-refractivity contribution in [3.8, 4) is 11.5 Å². The lowest BCUT2D eigenvalue weighted by Crippen LogP contribution is -2.04. The van der Waals surface area contributed by atoms with Gasteiger partial charge in [-0.15, -0.1) is 11.8 Å². The van der Waals surface area contributed by atoms with Crippen molar-refractivity contribution < 1.29 is 24.5 Å². The molecule has 0 aliphatic carbocycles. The van der Waals surface area contributed by atoms with Gasteiger partial charge in [-0.05, 0) is 43.5 Å². The molecule has 30 heavy (non-hydrogen) atoms. The molecule has 0 saturated heterocycles. The Labute approximate surface area is 190 Å². The standard InChI is InChI=1S/C22H24Cl2O5S/c1-3-5-16-17(8-7-15(13(2)25)22(16)28)29-10-4-11-30-18-9-6-14(12-19(26)27)20(23)21(18)24/h6-9,28H,3-5,10-12H2,1-2H3,(H,26,27). The summed E-state index contributed by atoms with van der Waals surface area (Å²) in [6.45, 7) is 3.86. The quantitative estimate of drug-likeness (QED) is 0.236. The van der Waals surface area contributed by atoms with Gasteiger partial charge < -0.3 is 14.9 Å². The van der Waals surface area contributed by atoms with Gasteiger partial charge in [0.2, 0.25) is 0 Å². The molecule has 162 valence electrons. The number of aromatic hydroxyl groups is 1. The zero-order valence-electron chi connectivity index (χ0n) is 16.8. The molecule has 0 amide bonds. The molecule has 0 aliphatic heterocycles. The molecule has 8 heteroatoms. The van der Waals surface area contributed by atoms with Crippen molar-refractivity contribution in [2.75, 3.05) is 12.4 Å². The van der Waals surface area contributed by atoms with E-state index in [1.165, 1.54) is 18.7 Å². The number of hydrogen-bond donors (Lipinski definition) is 2. The van der Waals surface area contributed by atoms with Gasteiger partial charge in [-0.1, -0.05) is 42.6 Å². The van der Waals surface area contributed by atoms with E-state index in [0.717, 1.165) is 23.5 Å². The van der Waals surface area contributed by atoms with E-state index in [-0.39, 0.29) is 23.0 Å². The third-order valence-electron chi connectivity index (χ3n) is 4.39. The number of ketones is 1. The number of phenols is 1. The first-order valence-electron chi connectivity index (χ1n) is 9.56. The van der Waals surface area contributed by atoms with E-state index in [1.807, 2.05) is 6.92 Å². The molecule has 0 aliphatic rings. The summed E-state index contributed by atoms with van der Waals surface area (Å²) in [5, 5.41) is 19.9. The molecular weight excluding hydrogens is 447 g/mol. The van der Waals surface area contributed by atoms with E-state index in [0.29, 0.717) is 40.5 Å². The average Bonchev–Trinajstić information content (AvgIpc) is 2.68. The van der Waals surface area contributed by atoms with Gasteiger partial charge in [-0.25, -0.2) is 0 Å². The topological polar surface area (TPSA) is 83.8 Å². The number of carbonyl (C=O) groups is 2. The molecule has 2 rings (SSSR count). The van der Waals surface area contributed by atoms with Gasteiger partial charge in [0.1, 0.15) is 11.5 Å². The summed E-state index contributed by atoms with van der Waals surface area (Å²) in [5.41, 5.74) is 1.44. The normalized spacial score (nSPS) is 10.8. The highest BCUT2D eigenvalue weighted by atomic mass is 35.5. The molecule has 2 aromatic carbocycles. The van der Waals surface area contributed by atoms with Crippen LogP contribution in [0.2, 0.25) is 10.0 Å². The first-order chi connectivity index (χ1) is 14.3. The second-order valence-corrected chi connectivity index (χ2v) is 8.61. The van der Waals surface area contributed by atoms with Crippen molar-refractivity contribution in [2.24, 2.45) is 0 Å². The van der Waals surface area contributed by atoms with Crippen LogP contribution >= 0.6 is 35.0 Å². The Balaban J connectivity index is 1.94. The molecule has 0 atom stereocenters. The van der Waals surface area contributed by atoms with Gasteiger partial charge in [0.15, 0.2) is 5.78 Å². The van der Waals surface area contributed by atoms with E-state index >= 15 is 0 Å². The number of Topliss-reactive ketones (excluding diaryl/α,β-unsaturated/α-hetero) is 1. The third kappa shape index (κ3) is 6.30. The fourth-order valence-corrected chi connectivity index (χ4v) is 4.45. The van der Waals surface area contributed by atoms with Gasteiger partial charge in [0, 0.05) is 16.2 Å². The minimum Gasteiger partial charge on any atom is -0.507 e. The first kappa shape index (κ1) is 24.4. The molecule has 0 spiro atoms. The maximum absolute atomic E-state index is 11.6. The molecule has 5 nitrogen and oxygen atoms in total. The van der Waals surface area contributed by atoms with Crippen molar-refractivity contribution in [1.82, 2.24) is 0 Å². The van der Waals surface area contributed by atoms with Crippen molar-refractivity contribution in [3.63, 3.8) is 0 Å². The first-order valence-corrected chi connectivity index (χ1v) is 11.3. The van der Waals surface area contributed by atoms with Crippen molar-refractivity contribution in [1.29, 1.82) is 0 Å². The summed E-state index contributed by atoms with van der Waals surface area (Å²) in [5.74, 6) is 0.158. The lowest BCUT2D eigenvalue weighted by Gasteiger charge is -2.15. The Morgan fingerprint density at radius 2 is 1.87 bits per heavy atom. The van der Waals surface area contributed by atoms with E-state index in [4.69, 9.17) is 33.0 Å². The number of ether oxygens (including phenoxy) is 1. The summed E-state index contributed by atoms with van der Waals surface area (Å²) in [6.07, 6.45) is 1.98. The molecule has 0 aromatic heterocycles. The van der Waals surface area contributed by atoms with E-state index in [1.54, 1.807) is 24.3 Å². The summed E-state index contributed by atoms with van der Waals surface area (Å²) in [4.78, 5) is 23.3. The number of hydrogen-bond acceptors (Lipinski definition) is 5. The lowest BCUT2D eigenvalue weighted by molar-refractivity contribution is -0.136. The van der Waals surface area contributed by atoms with Gasteiger partial charge in [0.05, 0.1) is 28.6 Å². The van der Waals surface area contributed by atoms with Crippen LogP contribution in [0.5, 0.6) is 11.5 Å². The highest BCUT2D eigenvalue weighted by Crippen LogP contribution is 2.36. The highest BCUT2D eigenvalue weighted by Gasteiger charge is 2.16. The maximum atomic E-state index is 11.6. The number of phenolic OH excluding ortho intramolecular Hbond substituents is 1. The van der Waals surface area contributed by atoms with Gasteiger partial charge in [0.25, 0.3) is 0 Å². The maximum Gasteiger partial charge on any atom is 0.307 e. The third-order valence-corrected chi connectivity index (χ3v) is 6.57. The molecule has 2 N–H and O–H groups in total. The molecule has 0 bridgehead atoms. The van der Waals surface area contributed by atoms with Crippen molar-refractivity contribution in [3.05, 3.63) is 51.0 Å². The number of halogens is 2. The average molecular weight is 471 g/mol. The monoisotopic (exact) mass is 470 g/mol. The second kappa shape index (κ2) is 11.5. The van der Waals surface area contributed by atoms with Crippen LogP contribution in [0, 0.1) is 0 Å². The fraction of sp³-hybridized carbons (Fsp3) is 0.364. The molecule has 0 heterocycles. The van der Waals surface area contributed by atoms with Crippen LogP contribution in [-0.4, -0.2) is 34.3 Å². The summed E-state index contributed by atoms with van der Waals surface area (Å²) in [6, 6.07) is 6.77. The molecule has 0 radical (unpaired) electrons. The molecule has 0 fully saturated rings. The molecule has 2 aromatic rings. The number of carboxylic acid groups (broad SMARTS) is 1. The number of benzene rings is 2. The number of rotatable bonds is 11. The van der Waals surface area contributed by atoms with E-state index < -0.39 is 5.97 Å². The van der Waals surface area contributed by atoms with Crippen LogP contribution in [0.3, 0.4) is 0 Å². The number of carbonyl (C=O) groups excluding carboxylic acids is 1. The van der Waals surface area contributed by atoms with Crippen LogP contribution in [0.1, 0.15) is 48.2 Å². The summed E-state index contributed by atoms with van der Waals surface area (Å²) in [7, 11) is 0. The largest absolute Gasteiger partial charge is 0.507 e. The van der Waals surface area contributed by atoms with Crippen LogP contribution < -0.4 is 4.74 Å². The van der Waals surface area contributed by atoms with Crippen LogP contribution in [0.15, 0.2) is 29.2 Å². The minimum atomic E-state index is -0.963. The SMILES string of the molecule is CCCc1c(OCCCSc2ccc(CC(=O)O)c(Cl)c2Cl)ccc(C(C)=O)c1O. The molecule has 0 saturated carbocycles. The number of carboxylic acids is 1. The van der Waals surface area contributed by atoms with Gasteiger partial charge >= 0.3 is 5.97 Å². The zero-order valence-corrected chi connectivity index (χ0v) is 19.2. The van der Waals surface area contributed by atoms with Crippen LogP contribution in [0.4, 0.5) is 0 Å². The Kier molecular flexibility index (Phi) is 9.34. The van der Waals surface area contributed by atoms with Gasteiger partial charge in [-0.3, -0.25) is 9.59 Å². The molecule has 0 unspecified atom stereocenters. The molecular formula is C22H24Cl2O5S. The summed E-state index contributed by atoms with van der Waals surface area (Å²) >= 11 is 14.0. The van der Waals surface area contributed by atoms with Crippen LogP contribution in [0.25, 0.3) is 0 Å². The Morgan fingerprint density at radius 3 is 2.50 bits per heavy atom. The second-order valence-electron chi connectivity index (χ2n) is 6.72. The summed E-state index contributed by atoms with van der Waals surface area (Å²) < 4.78 is 5.85. The zero-order chi connectivity index (χ0) is 22.3. The fourth-order valence-electron chi connectivity index (χ4n) is 2.93. The minimum absolute atomic E-state index is 0.000834. The Bertz CT molecular complexity index is 930. The van der Waals surface area contributed by atoms with Crippen molar-refractivity contribution >= 4 is 46.7 Å². The van der Waals surface area contributed by atoms with E-state index in [2.05, 4.69) is 0 Å². The Hall–Kier alpha value is -1.89. The number of thioether (sulfide) groups is 1. The predicted octanol–water partition coefficient (Wildman–Crippen LogP) is 6.04. The van der Waals surface area contributed by atoms with E-state index in [9.17, 15) is 14.7 Å². The number of aliphatic carboxylic acids is 1. The van der Waals surface area contributed by atoms with Gasteiger partial charge in [-0.2, -0.15) is 0 Å².